The van der Waals surface area contributed by atoms with Gasteiger partial charge in [0.2, 0.25) is 6.79 Å². The topological polar surface area (TPSA) is 30.5 Å². The van der Waals surface area contributed by atoms with Crippen molar-refractivity contribution in [2.75, 3.05) is 6.79 Å². The lowest BCUT2D eigenvalue weighted by atomic mass is 9.82. The highest BCUT2D eigenvalue weighted by Gasteiger charge is 2.34. The molecule has 0 amide bonds. The highest BCUT2D eigenvalue weighted by Crippen LogP contribution is 2.44. The number of ether oxygens (including phenoxy) is 2. The first-order valence-corrected chi connectivity index (χ1v) is 8.00. The van der Waals surface area contributed by atoms with Gasteiger partial charge in [-0.05, 0) is 55.2 Å². The Hall–Kier alpha value is -1.22. The summed E-state index contributed by atoms with van der Waals surface area (Å²) in [7, 11) is 0. The molecule has 0 aromatic heterocycles. The highest BCUT2D eigenvalue weighted by atomic mass is 16.7. The normalized spacial score (nSPS) is 28.6. The van der Waals surface area contributed by atoms with E-state index in [1.165, 1.54) is 44.1 Å². The number of rotatable bonds is 4. The first kappa shape index (κ1) is 12.5. The maximum absolute atomic E-state index is 5.44. The molecule has 3 nitrogen and oxygen atoms in total. The maximum atomic E-state index is 5.44. The smallest absolute Gasteiger partial charge is 0.231 e. The van der Waals surface area contributed by atoms with Gasteiger partial charge in [-0.15, -0.1) is 0 Å². The molecule has 2 unspecified atom stereocenters. The van der Waals surface area contributed by atoms with Gasteiger partial charge in [0, 0.05) is 12.6 Å². The van der Waals surface area contributed by atoms with E-state index >= 15 is 0 Å². The molecule has 0 radical (unpaired) electrons. The monoisotopic (exact) mass is 273 g/mol. The second kappa shape index (κ2) is 5.28. The molecule has 1 aromatic rings. The quantitative estimate of drug-likeness (QED) is 0.911. The molecular formula is C17H23NO2. The molecule has 3 aliphatic rings. The number of nitrogens with one attached hydrogen (secondary N) is 1. The Kier molecular flexibility index (Phi) is 3.31. The van der Waals surface area contributed by atoms with E-state index in [0.29, 0.717) is 12.8 Å². The molecule has 20 heavy (non-hydrogen) atoms. The second-order valence-electron chi connectivity index (χ2n) is 6.53. The van der Waals surface area contributed by atoms with Crippen LogP contribution < -0.4 is 14.8 Å². The molecule has 0 bridgehead atoms. The third kappa shape index (κ3) is 2.64. The Morgan fingerprint density at radius 2 is 1.90 bits per heavy atom. The highest BCUT2D eigenvalue weighted by molar-refractivity contribution is 5.44. The maximum Gasteiger partial charge on any atom is 0.231 e. The summed E-state index contributed by atoms with van der Waals surface area (Å²) in [6, 6.07) is 6.98. The van der Waals surface area contributed by atoms with Crippen LogP contribution in [0.4, 0.5) is 0 Å². The third-order valence-corrected chi connectivity index (χ3v) is 5.04. The van der Waals surface area contributed by atoms with E-state index in [9.17, 15) is 0 Å². The van der Waals surface area contributed by atoms with Crippen LogP contribution in [0, 0.1) is 11.8 Å². The summed E-state index contributed by atoms with van der Waals surface area (Å²) in [4.78, 5) is 0. The van der Waals surface area contributed by atoms with Crippen molar-refractivity contribution in [2.45, 2.75) is 51.1 Å². The molecule has 2 saturated carbocycles. The van der Waals surface area contributed by atoms with Gasteiger partial charge in [-0.3, -0.25) is 0 Å². The van der Waals surface area contributed by atoms with Crippen molar-refractivity contribution in [3.05, 3.63) is 23.8 Å². The number of benzene rings is 1. The molecule has 1 aromatic carbocycles. The van der Waals surface area contributed by atoms with E-state index in [1.54, 1.807) is 0 Å². The van der Waals surface area contributed by atoms with Crippen molar-refractivity contribution in [1.29, 1.82) is 0 Å². The van der Waals surface area contributed by atoms with Gasteiger partial charge in [0.15, 0.2) is 11.5 Å². The minimum atomic E-state index is 0.359. The molecular weight excluding hydrogens is 250 g/mol. The summed E-state index contributed by atoms with van der Waals surface area (Å²) in [6.45, 7) is 1.30. The van der Waals surface area contributed by atoms with Crippen molar-refractivity contribution in [3.63, 3.8) is 0 Å². The van der Waals surface area contributed by atoms with Crippen LogP contribution in [-0.4, -0.2) is 12.8 Å². The molecule has 1 heterocycles. The van der Waals surface area contributed by atoms with Crippen LogP contribution in [0.3, 0.4) is 0 Å². The van der Waals surface area contributed by atoms with E-state index in [1.807, 2.05) is 6.07 Å². The lowest BCUT2D eigenvalue weighted by Gasteiger charge is -2.30. The molecule has 2 aliphatic carbocycles. The van der Waals surface area contributed by atoms with Crippen molar-refractivity contribution < 1.29 is 9.47 Å². The van der Waals surface area contributed by atoms with Crippen LogP contribution in [-0.2, 0) is 6.54 Å². The zero-order valence-corrected chi connectivity index (χ0v) is 11.9. The number of hydrogen-bond acceptors (Lipinski definition) is 3. The van der Waals surface area contributed by atoms with Crippen molar-refractivity contribution >= 4 is 0 Å². The zero-order valence-electron chi connectivity index (χ0n) is 11.9. The standard InChI is InChI=1S/C17H23NO2/c1-2-14(13-5-6-13)9-15(3-1)18-10-12-4-7-16-17(8-12)20-11-19-16/h4,7-8,13-15,18H,1-3,5-6,9-11H2. The van der Waals surface area contributed by atoms with Crippen LogP contribution in [0.25, 0.3) is 0 Å². The van der Waals surface area contributed by atoms with Crippen molar-refractivity contribution in [1.82, 2.24) is 5.32 Å². The fraction of sp³-hybridized carbons (Fsp3) is 0.647. The first-order chi connectivity index (χ1) is 9.88. The molecule has 2 atom stereocenters. The Bertz CT molecular complexity index is 484. The summed E-state index contributed by atoms with van der Waals surface area (Å²) in [5.74, 6) is 3.83. The molecule has 0 saturated heterocycles. The van der Waals surface area contributed by atoms with Crippen LogP contribution in [0.15, 0.2) is 18.2 Å². The van der Waals surface area contributed by atoms with Gasteiger partial charge < -0.3 is 14.8 Å². The van der Waals surface area contributed by atoms with E-state index in [4.69, 9.17) is 9.47 Å². The summed E-state index contributed by atoms with van der Waals surface area (Å²) in [6.07, 6.45) is 8.56. The summed E-state index contributed by atoms with van der Waals surface area (Å²) < 4.78 is 10.8. The van der Waals surface area contributed by atoms with E-state index in [2.05, 4.69) is 17.4 Å². The first-order valence-electron chi connectivity index (χ1n) is 8.00. The van der Waals surface area contributed by atoms with Crippen LogP contribution in [0.2, 0.25) is 0 Å². The molecule has 3 heteroatoms. The van der Waals surface area contributed by atoms with Gasteiger partial charge in [0.05, 0.1) is 0 Å². The van der Waals surface area contributed by atoms with Crippen LogP contribution in [0.1, 0.15) is 44.1 Å². The van der Waals surface area contributed by atoms with Gasteiger partial charge in [0.1, 0.15) is 0 Å². The summed E-state index contributed by atoms with van der Waals surface area (Å²) in [5.41, 5.74) is 1.29. The van der Waals surface area contributed by atoms with Crippen LogP contribution >= 0.6 is 0 Å². The predicted molar refractivity (Wildman–Crippen MR) is 77.9 cm³/mol. The second-order valence-corrected chi connectivity index (χ2v) is 6.53. The molecule has 1 aliphatic heterocycles. The average molecular weight is 273 g/mol. The molecule has 0 spiro atoms. The number of fused-ring (bicyclic) bond motifs is 1. The van der Waals surface area contributed by atoms with Crippen molar-refractivity contribution in [3.8, 4) is 11.5 Å². The lowest BCUT2D eigenvalue weighted by Crippen LogP contribution is -2.34. The average Bonchev–Trinajstić information content (AvgIpc) is 3.24. The van der Waals surface area contributed by atoms with Gasteiger partial charge >= 0.3 is 0 Å². The van der Waals surface area contributed by atoms with E-state index in [0.717, 1.165) is 29.9 Å². The zero-order chi connectivity index (χ0) is 13.4. The SMILES string of the molecule is c1cc2c(cc1CNC1CCCC(C3CC3)C1)OCO2. The Balaban J connectivity index is 1.33. The van der Waals surface area contributed by atoms with Gasteiger partial charge in [-0.1, -0.05) is 18.9 Å². The minimum Gasteiger partial charge on any atom is -0.454 e. The van der Waals surface area contributed by atoms with Gasteiger partial charge in [0.25, 0.3) is 0 Å². The van der Waals surface area contributed by atoms with E-state index in [-0.39, 0.29) is 0 Å². The largest absolute Gasteiger partial charge is 0.454 e. The Labute approximate surface area is 120 Å². The molecule has 2 fully saturated rings. The Morgan fingerprint density at radius 3 is 2.80 bits per heavy atom. The fourth-order valence-electron chi connectivity index (χ4n) is 3.72. The van der Waals surface area contributed by atoms with Crippen LogP contribution in [0.5, 0.6) is 11.5 Å². The van der Waals surface area contributed by atoms with Crippen molar-refractivity contribution in [2.24, 2.45) is 11.8 Å². The molecule has 108 valence electrons. The molecule has 4 rings (SSSR count). The molecule has 1 N–H and O–H groups in total. The minimum absolute atomic E-state index is 0.359. The lowest BCUT2D eigenvalue weighted by molar-refractivity contribution is 0.174. The summed E-state index contributed by atoms with van der Waals surface area (Å²) in [5, 5.41) is 3.75. The third-order valence-electron chi connectivity index (χ3n) is 5.04. The predicted octanol–water partition coefficient (Wildman–Crippen LogP) is 3.47. The van der Waals surface area contributed by atoms with Gasteiger partial charge in [-0.25, -0.2) is 0 Å². The Morgan fingerprint density at radius 1 is 1.00 bits per heavy atom. The van der Waals surface area contributed by atoms with Gasteiger partial charge in [-0.2, -0.15) is 0 Å². The number of hydrogen-bond donors (Lipinski definition) is 1. The van der Waals surface area contributed by atoms with E-state index < -0.39 is 0 Å². The summed E-state index contributed by atoms with van der Waals surface area (Å²) >= 11 is 0. The fourth-order valence-corrected chi connectivity index (χ4v) is 3.72.